The lowest BCUT2D eigenvalue weighted by atomic mass is 9.86. The quantitative estimate of drug-likeness (QED) is 0.498. The third-order valence-electron chi connectivity index (χ3n) is 3.36. The van der Waals surface area contributed by atoms with Gasteiger partial charge in [-0.15, -0.1) is 6.42 Å². The number of carbonyl (C=O) groups excluding carboxylic acids is 2. The van der Waals surface area contributed by atoms with Crippen LogP contribution >= 0.6 is 0 Å². The van der Waals surface area contributed by atoms with Gasteiger partial charge in [-0.3, -0.25) is 14.5 Å². The van der Waals surface area contributed by atoms with Gasteiger partial charge in [0.2, 0.25) is 11.8 Å². The van der Waals surface area contributed by atoms with Gasteiger partial charge in [-0.1, -0.05) is 18.1 Å². The van der Waals surface area contributed by atoms with Gasteiger partial charge in [0.15, 0.2) is 0 Å². The molecule has 1 aromatic carbocycles. The number of rotatable bonds is 2. The highest BCUT2D eigenvalue weighted by molar-refractivity contribution is 6.03. The smallest absolute Gasteiger partial charge is 0.247 e. The summed E-state index contributed by atoms with van der Waals surface area (Å²) in [5, 5.41) is 0. The lowest BCUT2D eigenvalue weighted by Gasteiger charge is -2.41. The summed E-state index contributed by atoms with van der Waals surface area (Å²) in [7, 11) is 0. The van der Waals surface area contributed by atoms with Crippen molar-refractivity contribution in [1.29, 1.82) is 0 Å². The van der Waals surface area contributed by atoms with Crippen molar-refractivity contribution < 1.29 is 9.59 Å². The standard InChI is InChI=1S/C15H16N2O2/c1-4-15(2,3)14(19)17-12(9-13(17)18)10-6-5-7-11(16)8-10/h1,5-8,12H,9,16H2,2-3H3. The molecule has 2 rings (SSSR count). The first kappa shape index (κ1) is 13.2. The van der Waals surface area contributed by atoms with Gasteiger partial charge in [-0.2, -0.15) is 0 Å². The van der Waals surface area contributed by atoms with Crippen molar-refractivity contribution >= 4 is 17.5 Å². The van der Waals surface area contributed by atoms with Crippen LogP contribution in [0.3, 0.4) is 0 Å². The van der Waals surface area contributed by atoms with E-state index in [1.54, 1.807) is 26.0 Å². The molecule has 2 N–H and O–H groups in total. The third kappa shape index (κ3) is 2.19. The third-order valence-corrected chi connectivity index (χ3v) is 3.36. The number of nitrogens with zero attached hydrogens (tertiary/aromatic N) is 1. The van der Waals surface area contributed by atoms with Crippen LogP contribution in [-0.4, -0.2) is 16.7 Å². The Morgan fingerprint density at radius 2 is 2.21 bits per heavy atom. The normalized spacial score (nSPS) is 18.7. The summed E-state index contributed by atoms with van der Waals surface area (Å²) >= 11 is 0. The predicted octanol–water partition coefficient (Wildman–Crippen LogP) is 1.73. The Morgan fingerprint density at radius 1 is 1.53 bits per heavy atom. The van der Waals surface area contributed by atoms with Gasteiger partial charge >= 0.3 is 0 Å². The molecule has 1 unspecified atom stereocenters. The SMILES string of the molecule is C#CC(C)(C)C(=O)N1C(=O)CC1c1cccc(N)c1. The number of hydrogen-bond acceptors (Lipinski definition) is 3. The highest BCUT2D eigenvalue weighted by atomic mass is 16.2. The van der Waals surface area contributed by atoms with Crippen LogP contribution in [0.4, 0.5) is 5.69 Å². The highest BCUT2D eigenvalue weighted by Gasteiger charge is 2.46. The van der Waals surface area contributed by atoms with Crippen LogP contribution < -0.4 is 5.73 Å². The van der Waals surface area contributed by atoms with Gasteiger partial charge < -0.3 is 5.73 Å². The van der Waals surface area contributed by atoms with Crippen LogP contribution in [-0.2, 0) is 9.59 Å². The maximum absolute atomic E-state index is 12.3. The zero-order valence-electron chi connectivity index (χ0n) is 11.0. The minimum Gasteiger partial charge on any atom is -0.399 e. The van der Waals surface area contributed by atoms with Crippen LogP contribution in [0.15, 0.2) is 24.3 Å². The van der Waals surface area contributed by atoms with Crippen molar-refractivity contribution in [3.63, 3.8) is 0 Å². The molecule has 1 heterocycles. The van der Waals surface area contributed by atoms with Crippen LogP contribution in [0.1, 0.15) is 31.9 Å². The molecule has 0 bridgehead atoms. The zero-order chi connectivity index (χ0) is 14.2. The Hall–Kier alpha value is -2.28. The molecule has 1 fully saturated rings. The molecule has 4 nitrogen and oxygen atoms in total. The van der Waals surface area contributed by atoms with Crippen molar-refractivity contribution in [3.05, 3.63) is 29.8 Å². The van der Waals surface area contributed by atoms with Gasteiger partial charge in [0.25, 0.3) is 0 Å². The average Bonchev–Trinajstić information content (AvgIpc) is 2.35. The van der Waals surface area contributed by atoms with E-state index in [0.717, 1.165) is 5.56 Å². The van der Waals surface area contributed by atoms with Crippen molar-refractivity contribution in [2.75, 3.05) is 5.73 Å². The van der Waals surface area contributed by atoms with E-state index in [2.05, 4.69) is 5.92 Å². The zero-order valence-corrected chi connectivity index (χ0v) is 11.0. The molecule has 98 valence electrons. The second kappa shape index (κ2) is 4.43. The second-order valence-corrected chi connectivity index (χ2v) is 5.23. The topological polar surface area (TPSA) is 63.4 Å². The summed E-state index contributed by atoms with van der Waals surface area (Å²) in [6, 6.07) is 6.96. The number of anilines is 1. The molecule has 1 aliphatic heterocycles. The number of nitrogens with two attached hydrogens (primary N) is 1. The number of nitrogen functional groups attached to an aromatic ring is 1. The average molecular weight is 256 g/mol. The maximum Gasteiger partial charge on any atom is 0.247 e. The van der Waals surface area contributed by atoms with E-state index in [-0.39, 0.29) is 17.9 Å². The number of imide groups is 1. The van der Waals surface area contributed by atoms with Crippen LogP contribution in [0.2, 0.25) is 0 Å². The monoisotopic (exact) mass is 256 g/mol. The van der Waals surface area contributed by atoms with Gasteiger partial charge in [0.05, 0.1) is 12.5 Å². The first-order valence-corrected chi connectivity index (χ1v) is 6.06. The number of β-lactam (4-membered cyclic amide) rings is 1. The van der Waals surface area contributed by atoms with E-state index in [0.29, 0.717) is 12.1 Å². The fourth-order valence-corrected chi connectivity index (χ4v) is 2.07. The molecule has 0 aromatic heterocycles. The first-order valence-electron chi connectivity index (χ1n) is 6.06. The number of hydrogen-bond donors (Lipinski definition) is 1. The van der Waals surface area contributed by atoms with Crippen LogP contribution in [0.25, 0.3) is 0 Å². The lowest BCUT2D eigenvalue weighted by Crippen LogP contribution is -2.54. The Kier molecular flexibility index (Phi) is 3.07. The largest absolute Gasteiger partial charge is 0.399 e. The summed E-state index contributed by atoms with van der Waals surface area (Å²) in [4.78, 5) is 25.2. The van der Waals surface area contributed by atoms with Crippen molar-refractivity contribution in [1.82, 2.24) is 4.90 Å². The number of amides is 2. The van der Waals surface area contributed by atoms with Gasteiger partial charge in [0.1, 0.15) is 5.41 Å². The van der Waals surface area contributed by atoms with Crippen molar-refractivity contribution in [2.24, 2.45) is 5.41 Å². The molecule has 19 heavy (non-hydrogen) atoms. The Balaban J connectivity index is 2.29. The van der Waals surface area contributed by atoms with E-state index in [1.165, 1.54) is 4.90 Å². The Bertz CT molecular complexity index is 584. The summed E-state index contributed by atoms with van der Waals surface area (Å²) in [5.74, 6) is 1.90. The maximum atomic E-state index is 12.3. The van der Waals surface area contributed by atoms with E-state index in [4.69, 9.17) is 12.2 Å². The lowest BCUT2D eigenvalue weighted by molar-refractivity contribution is -0.162. The molecule has 1 aliphatic rings. The minimum atomic E-state index is -0.978. The van der Waals surface area contributed by atoms with Gasteiger partial charge in [-0.25, -0.2) is 0 Å². The van der Waals surface area contributed by atoms with E-state index < -0.39 is 5.41 Å². The molecule has 1 atom stereocenters. The van der Waals surface area contributed by atoms with Crippen LogP contribution in [0.5, 0.6) is 0 Å². The molecule has 0 saturated carbocycles. The predicted molar refractivity (Wildman–Crippen MR) is 72.7 cm³/mol. The van der Waals surface area contributed by atoms with E-state index in [1.807, 2.05) is 12.1 Å². The second-order valence-electron chi connectivity index (χ2n) is 5.23. The number of likely N-dealkylation sites (tertiary alicyclic amines) is 1. The molecule has 4 heteroatoms. The summed E-state index contributed by atoms with van der Waals surface area (Å²) in [6.07, 6.45) is 5.66. The summed E-state index contributed by atoms with van der Waals surface area (Å²) in [5.41, 5.74) is 6.22. The molecule has 0 aliphatic carbocycles. The Labute approximate surface area is 112 Å². The number of carbonyl (C=O) groups is 2. The summed E-state index contributed by atoms with van der Waals surface area (Å²) in [6.45, 7) is 3.27. The van der Waals surface area contributed by atoms with Crippen LogP contribution in [0, 0.1) is 17.8 Å². The summed E-state index contributed by atoms with van der Waals surface area (Å²) < 4.78 is 0. The molecule has 2 amide bonds. The van der Waals surface area contributed by atoms with Gasteiger partial charge in [-0.05, 0) is 31.5 Å². The van der Waals surface area contributed by atoms with Crippen molar-refractivity contribution in [2.45, 2.75) is 26.3 Å². The molecule has 0 spiro atoms. The number of benzene rings is 1. The van der Waals surface area contributed by atoms with Gasteiger partial charge in [0, 0.05) is 5.69 Å². The fourth-order valence-electron chi connectivity index (χ4n) is 2.07. The Morgan fingerprint density at radius 3 is 2.74 bits per heavy atom. The molecule has 1 saturated heterocycles. The number of terminal acetylenes is 1. The van der Waals surface area contributed by atoms with E-state index in [9.17, 15) is 9.59 Å². The molecular formula is C15H16N2O2. The first-order chi connectivity index (χ1) is 8.86. The molecule has 1 aromatic rings. The molecular weight excluding hydrogens is 240 g/mol. The fraction of sp³-hybridized carbons (Fsp3) is 0.333. The highest BCUT2D eigenvalue weighted by Crippen LogP contribution is 2.38. The molecule has 0 radical (unpaired) electrons. The van der Waals surface area contributed by atoms with E-state index >= 15 is 0 Å². The van der Waals surface area contributed by atoms with Crippen molar-refractivity contribution in [3.8, 4) is 12.3 Å². The minimum absolute atomic E-state index is 0.194.